The van der Waals surface area contributed by atoms with E-state index in [-0.39, 0.29) is 24.9 Å². The number of amides is 1. The van der Waals surface area contributed by atoms with Crippen LogP contribution in [0.25, 0.3) is 0 Å². The smallest absolute Gasteiger partial charge is 0.304 e. The number of carboxylic acid groups (broad SMARTS) is 1. The van der Waals surface area contributed by atoms with Crippen molar-refractivity contribution in [3.63, 3.8) is 0 Å². The fourth-order valence-electron chi connectivity index (χ4n) is 2.21. The van der Waals surface area contributed by atoms with Crippen molar-refractivity contribution in [1.29, 1.82) is 0 Å². The van der Waals surface area contributed by atoms with Crippen LogP contribution in [-0.2, 0) is 9.59 Å². The number of nitrogens with zero attached hydrogens (tertiary/aromatic N) is 1. The highest BCUT2D eigenvalue weighted by atomic mass is 35.5. The molecule has 21 heavy (non-hydrogen) atoms. The molecule has 0 aromatic heterocycles. The minimum atomic E-state index is -0.828. The van der Waals surface area contributed by atoms with E-state index in [4.69, 9.17) is 16.7 Å². The highest BCUT2D eigenvalue weighted by Crippen LogP contribution is 2.19. The van der Waals surface area contributed by atoms with E-state index in [2.05, 4.69) is 5.32 Å². The second kappa shape index (κ2) is 7.68. The molecule has 1 aliphatic rings. The van der Waals surface area contributed by atoms with Crippen LogP contribution in [0.3, 0.4) is 0 Å². The molecule has 114 valence electrons. The number of rotatable bonds is 5. The molecule has 0 bridgehead atoms. The fraction of sp³-hybridized carbons (Fsp3) is 0.429. The number of hydrogen-bond donors (Lipinski definition) is 2. The Hall–Kier alpha value is -1.24. The Morgan fingerprint density at radius 3 is 2.76 bits per heavy atom. The molecule has 0 radical (unpaired) electrons. The number of nitrogens with one attached hydrogen (secondary N) is 1. The van der Waals surface area contributed by atoms with Gasteiger partial charge in [-0.05, 0) is 24.3 Å². The topological polar surface area (TPSA) is 69.6 Å². The van der Waals surface area contributed by atoms with E-state index in [0.717, 1.165) is 18.1 Å². The molecule has 5 nitrogen and oxygen atoms in total. The molecule has 1 aromatic rings. The van der Waals surface area contributed by atoms with Gasteiger partial charge in [-0.2, -0.15) is 11.8 Å². The average Bonchev–Trinajstić information content (AvgIpc) is 2.43. The third-order valence-corrected chi connectivity index (χ3v) is 4.58. The zero-order chi connectivity index (χ0) is 15.2. The van der Waals surface area contributed by atoms with Gasteiger partial charge in [0.15, 0.2) is 0 Å². The van der Waals surface area contributed by atoms with Crippen molar-refractivity contribution >= 4 is 40.9 Å². The zero-order valence-corrected chi connectivity index (χ0v) is 13.0. The standard InChI is InChI=1S/C14H17ClN2O3S/c15-10-1-3-11(4-2-10)16-13(18)8-17-5-6-21-9-12(17)7-14(19)20/h1-4,12H,5-9H2,(H,16,18)(H,19,20). The lowest BCUT2D eigenvalue weighted by molar-refractivity contribution is -0.138. The van der Waals surface area contributed by atoms with Gasteiger partial charge in [0.2, 0.25) is 5.91 Å². The molecule has 1 atom stereocenters. The van der Waals surface area contributed by atoms with Gasteiger partial charge in [-0.15, -0.1) is 0 Å². The van der Waals surface area contributed by atoms with Crippen molar-refractivity contribution in [2.24, 2.45) is 0 Å². The molecule has 0 aliphatic carbocycles. The maximum absolute atomic E-state index is 12.1. The van der Waals surface area contributed by atoms with Gasteiger partial charge in [0.1, 0.15) is 0 Å². The number of carboxylic acids is 1. The molecule has 1 amide bonds. The lowest BCUT2D eigenvalue weighted by atomic mass is 10.2. The van der Waals surface area contributed by atoms with Crippen molar-refractivity contribution in [2.45, 2.75) is 12.5 Å². The second-order valence-corrected chi connectivity index (χ2v) is 6.44. The van der Waals surface area contributed by atoms with Gasteiger partial charge >= 0.3 is 5.97 Å². The lowest BCUT2D eigenvalue weighted by Gasteiger charge is -2.33. The quantitative estimate of drug-likeness (QED) is 0.867. The molecule has 0 spiro atoms. The summed E-state index contributed by atoms with van der Waals surface area (Å²) in [6.45, 7) is 0.942. The first kappa shape index (κ1) is 16.1. The Labute approximate surface area is 132 Å². The van der Waals surface area contributed by atoms with Crippen LogP contribution in [0.1, 0.15) is 6.42 Å². The Bertz CT molecular complexity index is 509. The summed E-state index contributed by atoms with van der Waals surface area (Å²) >= 11 is 7.52. The summed E-state index contributed by atoms with van der Waals surface area (Å²) in [5, 5.41) is 12.3. The largest absolute Gasteiger partial charge is 0.481 e. The number of halogens is 1. The molecule has 1 aliphatic heterocycles. The predicted octanol–water partition coefficient (Wildman–Crippen LogP) is 2.17. The van der Waals surface area contributed by atoms with Crippen molar-refractivity contribution in [3.8, 4) is 0 Å². The normalized spacial score (nSPS) is 19.2. The molecule has 0 saturated carbocycles. The van der Waals surface area contributed by atoms with Crippen molar-refractivity contribution in [1.82, 2.24) is 4.90 Å². The van der Waals surface area contributed by atoms with E-state index < -0.39 is 5.97 Å². The monoisotopic (exact) mass is 328 g/mol. The van der Waals surface area contributed by atoms with E-state index in [1.165, 1.54) is 0 Å². The number of carbonyl (C=O) groups is 2. The Morgan fingerprint density at radius 2 is 2.10 bits per heavy atom. The summed E-state index contributed by atoms with van der Waals surface area (Å²) in [5.74, 6) is 0.704. The van der Waals surface area contributed by atoms with Crippen LogP contribution in [0.2, 0.25) is 5.02 Å². The lowest BCUT2D eigenvalue weighted by Crippen LogP contribution is -2.47. The summed E-state index contributed by atoms with van der Waals surface area (Å²) in [6, 6.07) is 6.81. The van der Waals surface area contributed by atoms with Crippen LogP contribution >= 0.6 is 23.4 Å². The first-order valence-electron chi connectivity index (χ1n) is 6.63. The van der Waals surface area contributed by atoms with Crippen LogP contribution in [0.15, 0.2) is 24.3 Å². The molecule has 7 heteroatoms. The fourth-order valence-corrected chi connectivity index (χ4v) is 3.46. The molecular weight excluding hydrogens is 312 g/mol. The third kappa shape index (κ3) is 5.22. The van der Waals surface area contributed by atoms with Crippen LogP contribution in [-0.4, -0.2) is 52.5 Å². The Kier molecular flexibility index (Phi) is 5.90. The zero-order valence-electron chi connectivity index (χ0n) is 11.4. The molecule has 1 unspecified atom stereocenters. The SMILES string of the molecule is O=C(O)CC1CSCCN1CC(=O)Nc1ccc(Cl)cc1. The minimum Gasteiger partial charge on any atom is -0.481 e. The van der Waals surface area contributed by atoms with Gasteiger partial charge < -0.3 is 10.4 Å². The van der Waals surface area contributed by atoms with Gasteiger partial charge in [0.25, 0.3) is 0 Å². The van der Waals surface area contributed by atoms with Crippen LogP contribution in [0, 0.1) is 0 Å². The number of benzene rings is 1. The Balaban J connectivity index is 1.90. The molecular formula is C14H17ClN2O3S. The van der Waals surface area contributed by atoms with Gasteiger partial charge in [0, 0.05) is 34.8 Å². The van der Waals surface area contributed by atoms with Gasteiger partial charge in [-0.3, -0.25) is 14.5 Å². The van der Waals surface area contributed by atoms with E-state index in [1.807, 2.05) is 4.90 Å². The minimum absolute atomic E-state index is 0.0707. The summed E-state index contributed by atoms with van der Waals surface area (Å²) in [5.41, 5.74) is 0.686. The number of aliphatic carboxylic acids is 1. The molecule has 2 rings (SSSR count). The second-order valence-electron chi connectivity index (χ2n) is 4.85. The van der Waals surface area contributed by atoms with E-state index in [9.17, 15) is 9.59 Å². The van der Waals surface area contributed by atoms with Crippen molar-refractivity contribution in [3.05, 3.63) is 29.3 Å². The van der Waals surface area contributed by atoms with Gasteiger partial charge in [-0.25, -0.2) is 0 Å². The van der Waals surface area contributed by atoms with Crippen LogP contribution in [0.5, 0.6) is 0 Å². The third-order valence-electron chi connectivity index (χ3n) is 3.23. The molecule has 1 fully saturated rings. The maximum Gasteiger partial charge on any atom is 0.304 e. The highest BCUT2D eigenvalue weighted by molar-refractivity contribution is 7.99. The van der Waals surface area contributed by atoms with E-state index >= 15 is 0 Å². The van der Waals surface area contributed by atoms with Crippen molar-refractivity contribution in [2.75, 3.05) is 29.9 Å². The molecule has 1 saturated heterocycles. The number of carbonyl (C=O) groups excluding carboxylic acids is 1. The van der Waals surface area contributed by atoms with Crippen LogP contribution < -0.4 is 5.32 Å². The van der Waals surface area contributed by atoms with Gasteiger partial charge in [-0.1, -0.05) is 11.6 Å². The number of anilines is 1. The molecule has 1 heterocycles. The number of hydrogen-bond acceptors (Lipinski definition) is 4. The summed E-state index contributed by atoms with van der Waals surface area (Å²) in [4.78, 5) is 24.9. The van der Waals surface area contributed by atoms with Crippen LogP contribution in [0.4, 0.5) is 5.69 Å². The van der Waals surface area contributed by atoms with E-state index in [0.29, 0.717) is 10.7 Å². The average molecular weight is 329 g/mol. The number of thioether (sulfide) groups is 1. The van der Waals surface area contributed by atoms with Gasteiger partial charge in [0.05, 0.1) is 13.0 Å². The summed E-state index contributed by atoms with van der Waals surface area (Å²) < 4.78 is 0. The Morgan fingerprint density at radius 1 is 1.38 bits per heavy atom. The molecule has 2 N–H and O–H groups in total. The highest BCUT2D eigenvalue weighted by Gasteiger charge is 2.26. The summed E-state index contributed by atoms with van der Waals surface area (Å²) in [6.07, 6.45) is 0.0707. The molecule has 1 aromatic carbocycles. The first-order valence-corrected chi connectivity index (χ1v) is 8.17. The van der Waals surface area contributed by atoms with E-state index in [1.54, 1.807) is 36.0 Å². The summed E-state index contributed by atoms with van der Waals surface area (Å²) in [7, 11) is 0. The first-order chi connectivity index (χ1) is 10.0. The maximum atomic E-state index is 12.1. The van der Waals surface area contributed by atoms with Crippen molar-refractivity contribution < 1.29 is 14.7 Å². The predicted molar refractivity (Wildman–Crippen MR) is 85.0 cm³/mol.